The van der Waals surface area contributed by atoms with Crippen molar-refractivity contribution in [1.29, 1.82) is 0 Å². The highest BCUT2D eigenvalue weighted by molar-refractivity contribution is 6.06. The van der Waals surface area contributed by atoms with Crippen molar-refractivity contribution in [3.05, 3.63) is 12.2 Å². The van der Waals surface area contributed by atoms with Gasteiger partial charge in [-0.1, -0.05) is 25.5 Å². The number of aliphatic imine (C=N–C) groups is 1. The largest absolute Gasteiger partial charge is 0.357 e. The van der Waals surface area contributed by atoms with Crippen LogP contribution < -0.4 is 10.6 Å². The zero-order valence-corrected chi connectivity index (χ0v) is 15.3. The Morgan fingerprint density at radius 2 is 1.80 bits per heavy atom. The molecule has 0 aromatic carbocycles. The summed E-state index contributed by atoms with van der Waals surface area (Å²) in [4.78, 5) is 31.2. The minimum atomic E-state index is -0.0842. The minimum Gasteiger partial charge on any atom is -0.357 e. The van der Waals surface area contributed by atoms with E-state index in [1.165, 1.54) is 4.90 Å². The zero-order chi connectivity index (χ0) is 17.8. The molecule has 2 aliphatic carbocycles. The zero-order valence-electron chi connectivity index (χ0n) is 15.3. The third kappa shape index (κ3) is 3.58. The van der Waals surface area contributed by atoms with Gasteiger partial charge >= 0.3 is 0 Å². The van der Waals surface area contributed by atoms with Crippen LogP contribution in [-0.2, 0) is 9.59 Å². The van der Waals surface area contributed by atoms with Crippen LogP contribution in [-0.4, -0.2) is 48.9 Å². The number of amides is 2. The van der Waals surface area contributed by atoms with E-state index in [1.807, 2.05) is 6.92 Å². The van der Waals surface area contributed by atoms with E-state index in [0.29, 0.717) is 19.5 Å². The normalized spacial score (nSPS) is 30.3. The van der Waals surface area contributed by atoms with Crippen LogP contribution in [0, 0.1) is 23.7 Å². The smallest absolute Gasteiger partial charge is 0.233 e. The number of fused-ring (bicyclic) bond motifs is 5. The van der Waals surface area contributed by atoms with Crippen molar-refractivity contribution in [2.45, 2.75) is 39.5 Å². The van der Waals surface area contributed by atoms with Crippen molar-refractivity contribution in [3.8, 4) is 0 Å². The lowest BCUT2D eigenvalue weighted by Gasteiger charge is -2.17. The molecule has 2 N–H and O–H groups in total. The highest BCUT2D eigenvalue weighted by Gasteiger charge is 2.58. The summed E-state index contributed by atoms with van der Waals surface area (Å²) in [6.45, 7) is 7.03. The van der Waals surface area contributed by atoms with E-state index in [-0.39, 0.29) is 35.5 Å². The maximum absolute atomic E-state index is 12.6. The molecule has 6 heteroatoms. The van der Waals surface area contributed by atoms with Crippen LogP contribution in [0.3, 0.4) is 0 Å². The molecule has 1 saturated heterocycles. The third-order valence-corrected chi connectivity index (χ3v) is 5.54. The fourth-order valence-corrected chi connectivity index (χ4v) is 4.33. The Kier molecular flexibility index (Phi) is 5.76. The molecule has 0 aromatic rings. The summed E-state index contributed by atoms with van der Waals surface area (Å²) in [7, 11) is 0. The summed E-state index contributed by atoms with van der Waals surface area (Å²) in [6.07, 6.45) is 8.22. The Morgan fingerprint density at radius 3 is 2.40 bits per heavy atom. The van der Waals surface area contributed by atoms with Gasteiger partial charge in [-0.25, -0.2) is 0 Å². The number of rotatable bonds is 8. The Labute approximate surface area is 150 Å². The van der Waals surface area contributed by atoms with Crippen LogP contribution in [0.25, 0.3) is 0 Å². The van der Waals surface area contributed by atoms with Gasteiger partial charge in [0.1, 0.15) is 0 Å². The van der Waals surface area contributed by atoms with Gasteiger partial charge in [0, 0.05) is 26.2 Å². The molecule has 3 rings (SSSR count). The Morgan fingerprint density at radius 1 is 1.12 bits per heavy atom. The van der Waals surface area contributed by atoms with Crippen LogP contribution in [0.1, 0.15) is 39.5 Å². The van der Waals surface area contributed by atoms with Crippen molar-refractivity contribution in [1.82, 2.24) is 15.5 Å². The van der Waals surface area contributed by atoms with Gasteiger partial charge in [-0.3, -0.25) is 19.5 Å². The van der Waals surface area contributed by atoms with Crippen LogP contribution in [0.4, 0.5) is 0 Å². The van der Waals surface area contributed by atoms with Crippen molar-refractivity contribution < 1.29 is 9.59 Å². The van der Waals surface area contributed by atoms with E-state index in [4.69, 9.17) is 0 Å². The number of hydrogen-bond donors (Lipinski definition) is 2. The highest BCUT2D eigenvalue weighted by Crippen LogP contribution is 2.52. The number of unbranched alkanes of at least 4 members (excludes halogenated alkanes) is 1. The summed E-state index contributed by atoms with van der Waals surface area (Å²) in [6, 6.07) is 0. The lowest BCUT2D eigenvalue weighted by Crippen LogP contribution is -2.38. The third-order valence-electron chi connectivity index (χ3n) is 5.54. The molecule has 1 heterocycles. The molecule has 0 radical (unpaired) electrons. The van der Waals surface area contributed by atoms with Crippen LogP contribution in [0.5, 0.6) is 0 Å². The molecule has 6 nitrogen and oxygen atoms in total. The molecule has 4 unspecified atom stereocenters. The van der Waals surface area contributed by atoms with Crippen LogP contribution >= 0.6 is 0 Å². The Balaban J connectivity index is 1.48. The maximum Gasteiger partial charge on any atom is 0.233 e. The second-order valence-electron chi connectivity index (χ2n) is 7.22. The summed E-state index contributed by atoms with van der Waals surface area (Å²) in [5.41, 5.74) is 0. The first-order valence-electron chi connectivity index (χ1n) is 9.73. The predicted octanol–water partition coefficient (Wildman–Crippen LogP) is 1.54. The standard InChI is InChI=1S/C19H30N4O2/c1-3-5-9-21-19(20-4-2)22-10-6-11-23-17(24)15-13-7-8-14(12-13)16(15)18(23)25/h7-8,13-16H,3-6,9-12H2,1-2H3,(H2,20,21,22). The quantitative estimate of drug-likeness (QED) is 0.230. The molecule has 2 amide bonds. The number of imide groups is 1. The molecule has 2 fully saturated rings. The number of allylic oxidation sites excluding steroid dienone is 2. The van der Waals surface area contributed by atoms with Gasteiger partial charge in [0.15, 0.2) is 5.96 Å². The number of hydrogen-bond acceptors (Lipinski definition) is 3. The molecular weight excluding hydrogens is 316 g/mol. The summed E-state index contributed by atoms with van der Waals surface area (Å²) in [5.74, 6) is 1.31. The van der Waals surface area contributed by atoms with E-state index in [1.54, 1.807) is 0 Å². The van der Waals surface area contributed by atoms with Gasteiger partial charge in [0.2, 0.25) is 11.8 Å². The fraction of sp³-hybridized carbons (Fsp3) is 0.737. The molecule has 1 saturated carbocycles. The summed E-state index contributed by atoms with van der Waals surface area (Å²) in [5, 5.41) is 6.53. The van der Waals surface area contributed by atoms with Crippen molar-refractivity contribution >= 4 is 17.8 Å². The molecular formula is C19H30N4O2. The lowest BCUT2D eigenvalue weighted by molar-refractivity contribution is -0.140. The molecule has 2 bridgehead atoms. The predicted molar refractivity (Wildman–Crippen MR) is 97.9 cm³/mol. The van der Waals surface area contributed by atoms with E-state index >= 15 is 0 Å². The second kappa shape index (κ2) is 8.02. The van der Waals surface area contributed by atoms with Gasteiger partial charge in [-0.05, 0) is 38.0 Å². The molecule has 0 aromatic heterocycles. The maximum atomic E-state index is 12.6. The average molecular weight is 346 g/mol. The Hall–Kier alpha value is -1.85. The average Bonchev–Trinajstić information content (AvgIpc) is 3.27. The molecule has 1 aliphatic heterocycles. The number of nitrogens with one attached hydrogen (secondary N) is 2. The first-order chi connectivity index (χ1) is 12.2. The minimum absolute atomic E-state index is 0.0452. The summed E-state index contributed by atoms with van der Waals surface area (Å²) >= 11 is 0. The van der Waals surface area contributed by atoms with E-state index in [0.717, 1.165) is 38.3 Å². The lowest BCUT2D eigenvalue weighted by atomic mass is 9.85. The first-order valence-corrected chi connectivity index (χ1v) is 9.73. The Bertz CT molecular complexity index is 542. The van der Waals surface area contributed by atoms with Crippen LogP contribution in [0.2, 0.25) is 0 Å². The van der Waals surface area contributed by atoms with Gasteiger partial charge in [-0.2, -0.15) is 0 Å². The molecule has 0 spiro atoms. The number of nitrogens with zero attached hydrogens (tertiary/aromatic N) is 2. The fourth-order valence-electron chi connectivity index (χ4n) is 4.33. The van der Waals surface area contributed by atoms with Gasteiger partial charge in [0.05, 0.1) is 11.8 Å². The van der Waals surface area contributed by atoms with Crippen molar-refractivity contribution in [3.63, 3.8) is 0 Å². The molecule has 25 heavy (non-hydrogen) atoms. The van der Waals surface area contributed by atoms with Gasteiger partial charge in [-0.15, -0.1) is 0 Å². The van der Waals surface area contributed by atoms with Crippen LogP contribution in [0.15, 0.2) is 17.1 Å². The topological polar surface area (TPSA) is 73.8 Å². The number of likely N-dealkylation sites (tertiary alicyclic amines) is 1. The SMILES string of the molecule is CCCCNC(=NCCCN1C(=O)C2C3C=CC(C3)C2C1=O)NCC. The highest BCUT2D eigenvalue weighted by atomic mass is 16.2. The van der Waals surface area contributed by atoms with Crippen molar-refractivity contribution in [2.75, 3.05) is 26.2 Å². The molecule has 4 atom stereocenters. The summed E-state index contributed by atoms with van der Waals surface area (Å²) < 4.78 is 0. The molecule has 3 aliphatic rings. The second-order valence-corrected chi connectivity index (χ2v) is 7.22. The van der Waals surface area contributed by atoms with E-state index in [9.17, 15) is 9.59 Å². The van der Waals surface area contributed by atoms with Gasteiger partial charge < -0.3 is 10.6 Å². The van der Waals surface area contributed by atoms with Gasteiger partial charge in [0.25, 0.3) is 0 Å². The molecule has 138 valence electrons. The number of carbonyl (C=O) groups excluding carboxylic acids is 2. The van der Waals surface area contributed by atoms with E-state index in [2.05, 4.69) is 34.7 Å². The number of guanidine groups is 1. The monoisotopic (exact) mass is 346 g/mol. The number of carbonyl (C=O) groups is 2. The van der Waals surface area contributed by atoms with Crippen molar-refractivity contribution in [2.24, 2.45) is 28.7 Å². The first kappa shape index (κ1) is 18.0. The van der Waals surface area contributed by atoms with E-state index < -0.39 is 0 Å².